The molecule has 0 spiro atoms. The molecule has 3 aromatic rings. The number of nitrogens with zero attached hydrogens (tertiary/aromatic N) is 4. The van der Waals surface area contributed by atoms with Crippen molar-refractivity contribution in [2.24, 2.45) is 0 Å². The molecule has 1 N–H and O–H groups in total. The number of carbonyl (C=O) groups excluding carboxylic acids is 1. The fourth-order valence-electron chi connectivity index (χ4n) is 2.26. The summed E-state index contributed by atoms with van der Waals surface area (Å²) in [5, 5.41) is 13.0. The van der Waals surface area contributed by atoms with E-state index < -0.39 is 5.91 Å². The molecule has 1 aromatic carbocycles. The highest BCUT2D eigenvalue weighted by atomic mass is 32.2. The summed E-state index contributed by atoms with van der Waals surface area (Å²) in [6.45, 7) is 2.02. The lowest BCUT2D eigenvalue weighted by atomic mass is 10.2. The smallest absolute Gasteiger partial charge is 0.268 e. The normalized spacial score (nSPS) is 11.2. The van der Waals surface area contributed by atoms with Gasteiger partial charge in [-0.2, -0.15) is 14.6 Å². The van der Waals surface area contributed by atoms with Crippen LogP contribution >= 0.6 is 23.3 Å². The van der Waals surface area contributed by atoms with Gasteiger partial charge in [0, 0.05) is 29.1 Å². The number of hydrogen-bond acceptors (Lipinski definition) is 6. The molecule has 0 fully saturated rings. The van der Waals surface area contributed by atoms with Crippen molar-refractivity contribution in [1.82, 2.24) is 13.9 Å². The van der Waals surface area contributed by atoms with Gasteiger partial charge in [-0.15, -0.1) is 0 Å². The maximum absolute atomic E-state index is 12.4. The maximum atomic E-state index is 12.4. The van der Waals surface area contributed by atoms with Gasteiger partial charge < -0.3 is 4.57 Å². The Morgan fingerprint density at radius 2 is 2.12 bits per heavy atom. The van der Waals surface area contributed by atoms with Crippen molar-refractivity contribution in [3.63, 3.8) is 0 Å². The number of thioether (sulfide) groups is 1. The summed E-state index contributed by atoms with van der Waals surface area (Å²) in [7, 11) is 0. The van der Waals surface area contributed by atoms with Crippen LogP contribution in [0.25, 0.3) is 11.8 Å². The zero-order valence-electron chi connectivity index (χ0n) is 14.1. The molecule has 0 atom stereocenters. The van der Waals surface area contributed by atoms with Crippen LogP contribution in [0.3, 0.4) is 0 Å². The van der Waals surface area contributed by atoms with Crippen molar-refractivity contribution < 1.29 is 4.79 Å². The second-order valence-corrected chi connectivity index (χ2v) is 6.87. The fraction of sp³-hybridized carbons (Fsp3) is 0.111. The first-order valence-corrected chi connectivity index (χ1v) is 9.66. The van der Waals surface area contributed by atoms with Crippen LogP contribution in [-0.2, 0) is 4.79 Å². The first kappa shape index (κ1) is 17.9. The fourth-order valence-corrected chi connectivity index (χ4v) is 3.38. The average Bonchev–Trinajstić information content (AvgIpc) is 3.29. The van der Waals surface area contributed by atoms with E-state index in [4.69, 9.17) is 0 Å². The predicted octanol–water partition coefficient (Wildman–Crippen LogP) is 3.90. The van der Waals surface area contributed by atoms with Crippen LogP contribution in [0.2, 0.25) is 0 Å². The molecule has 6 nitrogen and oxygen atoms in total. The molecule has 0 aliphatic carbocycles. The Balaban J connectivity index is 1.85. The first-order chi connectivity index (χ1) is 12.6. The number of aromatic nitrogens is 3. The Labute approximate surface area is 159 Å². The van der Waals surface area contributed by atoms with Gasteiger partial charge in [-0.1, -0.05) is 29.5 Å². The third-order valence-electron chi connectivity index (χ3n) is 3.56. The predicted molar refractivity (Wildman–Crippen MR) is 104 cm³/mol. The van der Waals surface area contributed by atoms with E-state index in [0.717, 1.165) is 28.5 Å². The summed E-state index contributed by atoms with van der Waals surface area (Å²) in [5.41, 5.74) is 2.86. The summed E-state index contributed by atoms with van der Waals surface area (Å²) in [6.07, 6.45) is 5.30. The van der Waals surface area contributed by atoms with Gasteiger partial charge in [0.15, 0.2) is 0 Å². The third kappa shape index (κ3) is 4.02. The van der Waals surface area contributed by atoms with E-state index >= 15 is 0 Å². The Hall–Kier alpha value is -2.89. The molecule has 2 heterocycles. The van der Waals surface area contributed by atoms with Crippen molar-refractivity contribution in [3.8, 4) is 11.8 Å². The monoisotopic (exact) mass is 381 g/mol. The van der Waals surface area contributed by atoms with Gasteiger partial charge >= 0.3 is 0 Å². The van der Waals surface area contributed by atoms with Gasteiger partial charge in [0.05, 0.1) is 0 Å². The average molecular weight is 381 g/mol. The van der Waals surface area contributed by atoms with E-state index in [1.165, 1.54) is 11.8 Å². The molecule has 0 aliphatic rings. The molecule has 0 radical (unpaired) electrons. The van der Waals surface area contributed by atoms with Crippen molar-refractivity contribution in [3.05, 3.63) is 59.4 Å². The van der Waals surface area contributed by atoms with E-state index in [1.807, 2.05) is 66.4 Å². The highest BCUT2D eigenvalue weighted by molar-refractivity contribution is 7.98. The van der Waals surface area contributed by atoms with E-state index in [2.05, 4.69) is 14.7 Å². The van der Waals surface area contributed by atoms with Crippen LogP contribution in [0.15, 0.2) is 53.3 Å². The Morgan fingerprint density at radius 3 is 2.77 bits per heavy atom. The molecule has 2 aromatic heterocycles. The summed E-state index contributed by atoms with van der Waals surface area (Å²) >= 11 is 2.47. The number of carbonyl (C=O) groups is 1. The molecule has 0 saturated carbocycles. The summed E-state index contributed by atoms with van der Waals surface area (Å²) in [6, 6.07) is 13.7. The lowest BCUT2D eigenvalue weighted by Gasteiger charge is -2.07. The molecule has 3 rings (SSSR count). The molecule has 0 bridgehead atoms. The second kappa shape index (κ2) is 7.99. The molecular formula is C18H15N5OS2. The van der Waals surface area contributed by atoms with E-state index in [0.29, 0.717) is 10.3 Å². The highest BCUT2D eigenvalue weighted by Gasteiger charge is 2.13. The van der Waals surface area contributed by atoms with Crippen LogP contribution in [0.1, 0.15) is 11.3 Å². The van der Waals surface area contributed by atoms with Crippen LogP contribution in [0, 0.1) is 18.3 Å². The molecule has 1 amide bonds. The van der Waals surface area contributed by atoms with Crippen LogP contribution in [0.5, 0.6) is 0 Å². The number of anilines is 1. The Kier molecular flexibility index (Phi) is 5.51. The van der Waals surface area contributed by atoms with Gasteiger partial charge in [-0.25, -0.2) is 0 Å². The number of nitriles is 1. The van der Waals surface area contributed by atoms with Crippen molar-refractivity contribution in [2.45, 2.75) is 12.1 Å². The minimum Gasteiger partial charge on any atom is -0.317 e. The largest absolute Gasteiger partial charge is 0.317 e. The SMILES string of the molecule is CSc1nsc(NC(=O)/C(C#N)=C\c2cccn2-c2ccc(C)cc2)n1. The van der Waals surface area contributed by atoms with Gasteiger partial charge in [0.2, 0.25) is 10.3 Å². The van der Waals surface area contributed by atoms with Gasteiger partial charge in [0.1, 0.15) is 11.6 Å². The van der Waals surface area contributed by atoms with Gasteiger partial charge in [0.25, 0.3) is 5.91 Å². The summed E-state index contributed by atoms with van der Waals surface area (Å²) in [5.74, 6) is -0.507. The van der Waals surface area contributed by atoms with Crippen LogP contribution in [-0.4, -0.2) is 26.1 Å². The molecular weight excluding hydrogens is 366 g/mol. The second-order valence-electron chi connectivity index (χ2n) is 5.35. The minimum absolute atomic E-state index is 0.00189. The highest BCUT2D eigenvalue weighted by Crippen LogP contribution is 2.20. The zero-order chi connectivity index (χ0) is 18.5. The van der Waals surface area contributed by atoms with Crippen molar-refractivity contribution in [1.29, 1.82) is 5.26 Å². The molecule has 0 saturated heterocycles. The number of rotatable bonds is 5. The quantitative estimate of drug-likeness (QED) is 0.412. The third-order valence-corrected chi connectivity index (χ3v) is 4.85. The molecule has 26 heavy (non-hydrogen) atoms. The molecule has 0 aliphatic heterocycles. The minimum atomic E-state index is -0.507. The van der Waals surface area contributed by atoms with Crippen LogP contribution in [0.4, 0.5) is 5.13 Å². The van der Waals surface area contributed by atoms with Crippen molar-refractivity contribution in [2.75, 3.05) is 11.6 Å². The number of benzene rings is 1. The Morgan fingerprint density at radius 1 is 1.35 bits per heavy atom. The Bertz CT molecular complexity index is 995. The molecule has 8 heteroatoms. The first-order valence-electron chi connectivity index (χ1n) is 7.66. The summed E-state index contributed by atoms with van der Waals surface area (Å²) in [4.78, 5) is 16.5. The van der Waals surface area contributed by atoms with E-state index in [-0.39, 0.29) is 5.57 Å². The lowest BCUT2D eigenvalue weighted by molar-refractivity contribution is -0.112. The van der Waals surface area contributed by atoms with E-state index in [9.17, 15) is 10.1 Å². The lowest BCUT2D eigenvalue weighted by Crippen LogP contribution is -2.13. The van der Waals surface area contributed by atoms with Crippen LogP contribution < -0.4 is 5.32 Å². The van der Waals surface area contributed by atoms with Gasteiger partial charge in [-0.05, 0) is 43.5 Å². The number of nitrogens with one attached hydrogen (secondary N) is 1. The number of aryl methyl sites for hydroxylation is 1. The van der Waals surface area contributed by atoms with Crippen molar-refractivity contribution >= 4 is 40.4 Å². The maximum Gasteiger partial charge on any atom is 0.268 e. The topological polar surface area (TPSA) is 83.6 Å². The van der Waals surface area contributed by atoms with E-state index in [1.54, 1.807) is 6.08 Å². The molecule has 130 valence electrons. The summed E-state index contributed by atoms with van der Waals surface area (Å²) < 4.78 is 6.00. The zero-order valence-corrected chi connectivity index (χ0v) is 15.8. The number of amides is 1. The standard InChI is InChI=1S/C18H15N5OS2/c1-12-5-7-14(8-6-12)23-9-3-4-15(23)10-13(11-19)16(24)20-17-21-18(25-2)22-26-17/h3-10H,1-2H3,(H,20,21,22,24)/b13-10-. The van der Waals surface area contributed by atoms with Gasteiger partial charge in [-0.3, -0.25) is 10.1 Å². The number of hydrogen-bond donors (Lipinski definition) is 1. The molecule has 0 unspecified atom stereocenters.